The van der Waals surface area contributed by atoms with Crippen LogP contribution in [0.2, 0.25) is 0 Å². The molecule has 0 aromatic heterocycles. The number of amides is 6. The van der Waals surface area contributed by atoms with Gasteiger partial charge in [0.1, 0.15) is 35.5 Å². The standard InChI is InChI=1S/C35H42F2N6O8/c1-17-30(45)40-23-11-7-10-21(23)31(46)42-29(18(2)44)34(49)41-24(14-19-8-5-4-6-9-19)35(50)43-16-20(15-25(43)32(47)38-17)39-33(48)27-26(51-3)13-12-22(36)28(27)37/h4-6,8-9,12-13,17-18,20-21,23-25,29,44H,7,10-11,14-16H2,1-3H3,(H,38,47)(H,39,48)(H,40,45)(H,41,49)(H,42,46)/t17-,18+,20+,21+,23+,24-,25-,29-/m0/s1. The summed E-state index contributed by atoms with van der Waals surface area (Å²) < 4.78 is 34.0. The number of aliphatic hydroxyl groups is 1. The number of aliphatic hydroxyl groups excluding tert-OH is 1. The average molecular weight is 713 g/mol. The molecule has 5 rings (SSSR count). The van der Waals surface area contributed by atoms with E-state index in [2.05, 4.69) is 26.6 Å². The highest BCUT2D eigenvalue weighted by Gasteiger charge is 2.45. The third-order valence-electron chi connectivity index (χ3n) is 9.62. The van der Waals surface area contributed by atoms with Crippen LogP contribution in [0.5, 0.6) is 5.75 Å². The van der Waals surface area contributed by atoms with Crippen molar-refractivity contribution in [3.63, 3.8) is 0 Å². The zero-order chi connectivity index (χ0) is 37.0. The summed E-state index contributed by atoms with van der Waals surface area (Å²) in [7, 11) is 1.18. The van der Waals surface area contributed by atoms with Crippen LogP contribution in [-0.2, 0) is 30.4 Å². The number of halogens is 2. The Morgan fingerprint density at radius 1 is 0.961 bits per heavy atom. The zero-order valence-electron chi connectivity index (χ0n) is 28.4. The molecular weight excluding hydrogens is 670 g/mol. The molecule has 0 radical (unpaired) electrons. The molecule has 3 aliphatic rings. The van der Waals surface area contributed by atoms with Gasteiger partial charge in [-0.15, -0.1) is 0 Å². The molecule has 0 unspecified atom stereocenters. The average Bonchev–Trinajstić information content (AvgIpc) is 3.74. The van der Waals surface area contributed by atoms with Crippen LogP contribution in [0, 0.1) is 17.6 Å². The molecular formula is C35H42F2N6O8. The third-order valence-corrected chi connectivity index (χ3v) is 9.62. The quantitative estimate of drug-likeness (QED) is 0.242. The van der Waals surface area contributed by atoms with Gasteiger partial charge in [-0.2, -0.15) is 0 Å². The Bertz CT molecular complexity index is 1680. The van der Waals surface area contributed by atoms with Crippen molar-refractivity contribution in [1.29, 1.82) is 0 Å². The molecule has 2 saturated heterocycles. The van der Waals surface area contributed by atoms with Gasteiger partial charge in [0, 0.05) is 25.0 Å². The summed E-state index contributed by atoms with van der Waals surface area (Å²) in [6.45, 7) is 2.47. The Morgan fingerprint density at radius 2 is 1.69 bits per heavy atom. The molecule has 2 aromatic rings. The first kappa shape index (κ1) is 37.1. The molecule has 274 valence electrons. The van der Waals surface area contributed by atoms with Crippen molar-refractivity contribution >= 4 is 35.4 Å². The van der Waals surface area contributed by atoms with Crippen molar-refractivity contribution in [2.45, 2.75) is 88.3 Å². The maximum atomic E-state index is 14.8. The van der Waals surface area contributed by atoms with Crippen molar-refractivity contribution in [3.05, 3.63) is 65.2 Å². The molecule has 6 amide bonds. The van der Waals surface area contributed by atoms with Crippen LogP contribution in [0.25, 0.3) is 0 Å². The number of benzene rings is 2. The Hall–Kier alpha value is -5.12. The zero-order valence-corrected chi connectivity index (χ0v) is 28.4. The minimum Gasteiger partial charge on any atom is -0.496 e. The fourth-order valence-corrected chi connectivity index (χ4v) is 6.91. The topological polar surface area (TPSA) is 195 Å². The monoisotopic (exact) mass is 712 g/mol. The van der Waals surface area contributed by atoms with Gasteiger partial charge < -0.3 is 41.3 Å². The highest BCUT2D eigenvalue weighted by molar-refractivity contribution is 5.99. The second-order valence-electron chi connectivity index (χ2n) is 13.2. The predicted octanol–water partition coefficient (Wildman–Crippen LogP) is 0.0690. The summed E-state index contributed by atoms with van der Waals surface area (Å²) in [6.07, 6.45) is -0.115. The normalized spacial score (nSPS) is 28.1. The van der Waals surface area contributed by atoms with Crippen LogP contribution in [-0.4, -0.2) is 101 Å². The first-order valence-electron chi connectivity index (χ1n) is 16.9. The summed E-state index contributed by atoms with van der Waals surface area (Å²) in [4.78, 5) is 83.1. The number of ether oxygens (including phenoxy) is 1. The van der Waals surface area contributed by atoms with Crippen molar-refractivity contribution in [2.75, 3.05) is 13.7 Å². The second kappa shape index (κ2) is 15.8. The molecule has 14 nitrogen and oxygen atoms in total. The van der Waals surface area contributed by atoms with Crippen LogP contribution in [0.3, 0.4) is 0 Å². The summed E-state index contributed by atoms with van der Waals surface area (Å²) >= 11 is 0. The van der Waals surface area contributed by atoms with Crippen LogP contribution in [0.1, 0.15) is 55.5 Å². The Balaban J connectivity index is 1.50. The predicted molar refractivity (Wildman–Crippen MR) is 177 cm³/mol. The molecule has 51 heavy (non-hydrogen) atoms. The van der Waals surface area contributed by atoms with Gasteiger partial charge in [0.25, 0.3) is 5.91 Å². The number of nitrogens with zero attached hydrogens (tertiary/aromatic N) is 1. The largest absolute Gasteiger partial charge is 0.496 e. The summed E-state index contributed by atoms with van der Waals surface area (Å²) in [6, 6.07) is 3.86. The molecule has 8 atom stereocenters. The molecule has 0 bridgehead atoms. The Labute approximate surface area is 293 Å². The molecule has 2 aromatic carbocycles. The summed E-state index contributed by atoms with van der Waals surface area (Å²) in [5, 5.41) is 23.8. The number of carbonyl (C=O) groups is 6. The maximum absolute atomic E-state index is 14.8. The van der Waals surface area contributed by atoms with Gasteiger partial charge >= 0.3 is 0 Å². The lowest BCUT2D eigenvalue weighted by Gasteiger charge is -2.32. The van der Waals surface area contributed by atoms with E-state index in [1.165, 1.54) is 21.0 Å². The molecule has 2 aliphatic heterocycles. The molecule has 2 heterocycles. The number of carbonyl (C=O) groups excluding carboxylic acids is 6. The first-order valence-corrected chi connectivity index (χ1v) is 16.9. The molecule has 1 aliphatic carbocycles. The molecule has 6 N–H and O–H groups in total. The maximum Gasteiger partial charge on any atom is 0.258 e. The van der Waals surface area contributed by atoms with Crippen LogP contribution >= 0.6 is 0 Å². The van der Waals surface area contributed by atoms with Crippen molar-refractivity contribution in [2.24, 2.45) is 5.92 Å². The van der Waals surface area contributed by atoms with Gasteiger partial charge in [0.15, 0.2) is 11.6 Å². The summed E-state index contributed by atoms with van der Waals surface area (Å²) in [5.41, 5.74) is -0.0641. The third kappa shape index (κ3) is 8.27. The van der Waals surface area contributed by atoms with Crippen LogP contribution < -0.4 is 31.3 Å². The van der Waals surface area contributed by atoms with E-state index in [4.69, 9.17) is 4.74 Å². The fourth-order valence-electron chi connectivity index (χ4n) is 6.91. The number of rotatable bonds is 6. The van der Waals surface area contributed by atoms with E-state index in [9.17, 15) is 42.7 Å². The van der Waals surface area contributed by atoms with Gasteiger partial charge in [0.2, 0.25) is 29.5 Å². The highest BCUT2D eigenvalue weighted by atomic mass is 19.2. The van der Waals surface area contributed by atoms with Crippen LogP contribution in [0.15, 0.2) is 42.5 Å². The minimum absolute atomic E-state index is 0.0526. The van der Waals surface area contributed by atoms with E-state index in [0.29, 0.717) is 24.8 Å². The smallest absolute Gasteiger partial charge is 0.258 e. The molecule has 3 fully saturated rings. The van der Waals surface area contributed by atoms with Gasteiger partial charge in [-0.1, -0.05) is 36.8 Å². The van der Waals surface area contributed by atoms with E-state index < -0.39 is 101 Å². The van der Waals surface area contributed by atoms with E-state index in [0.717, 1.165) is 17.0 Å². The molecule has 16 heteroatoms. The van der Waals surface area contributed by atoms with Gasteiger partial charge in [-0.05, 0) is 50.8 Å². The first-order chi connectivity index (χ1) is 24.3. The van der Waals surface area contributed by atoms with Gasteiger partial charge in [-0.25, -0.2) is 8.78 Å². The highest BCUT2D eigenvalue weighted by Crippen LogP contribution is 2.28. The lowest BCUT2D eigenvalue weighted by atomic mass is 10.00. The van der Waals surface area contributed by atoms with E-state index in [1.54, 1.807) is 30.3 Å². The van der Waals surface area contributed by atoms with Gasteiger partial charge in [0.05, 0.1) is 19.1 Å². The fraction of sp³-hybridized carbons (Fsp3) is 0.486. The SMILES string of the molecule is COc1ccc(F)c(F)c1C(=O)N[C@@H]1C[C@H]2C(=O)N[C@@H](C)C(=O)N[C@@H]3CCC[C@H]3C(=O)N[C@@H]([C@@H](C)O)C(=O)N[C@@H](Cc3ccccc3)C(=O)N2C1. The van der Waals surface area contributed by atoms with Crippen molar-refractivity contribution < 1.29 is 47.4 Å². The number of nitrogens with one attached hydrogen (secondary N) is 5. The van der Waals surface area contributed by atoms with E-state index in [1.807, 2.05) is 0 Å². The molecule has 1 saturated carbocycles. The van der Waals surface area contributed by atoms with Crippen molar-refractivity contribution in [3.8, 4) is 5.75 Å². The summed E-state index contributed by atoms with van der Waals surface area (Å²) in [5.74, 6) is -8.21. The minimum atomic E-state index is -1.46. The van der Waals surface area contributed by atoms with Crippen molar-refractivity contribution in [1.82, 2.24) is 31.5 Å². The van der Waals surface area contributed by atoms with E-state index >= 15 is 0 Å². The lowest BCUT2D eigenvalue weighted by molar-refractivity contribution is -0.143. The lowest BCUT2D eigenvalue weighted by Crippen LogP contribution is -2.61. The Kier molecular flexibility index (Phi) is 11.5. The number of methoxy groups -OCH3 is 1. The van der Waals surface area contributed by atoms with Crippen LogP contribution in [0.4, 0.5) is 8.78 Å². The van der Waals surface area contributed by atoms with Gasteiger partial charge in [-0.3, -0.25) is 28.8 Å². The second-order valence-corrected chi connectivity index (χ2v) is 13.2. The number of hydrogen-bond donors (Lipinski definition) is 6. The van der Waals surface area contributed by atoms with E-state index in [-0.39, 0.29) is 25.1 Å². The number of fused-ring (bicyclic) bond motifs is 2. The Morgan fingerprint density at radius 3 is 2.37 bits per heavy atom. The molecule has 0 spiro atoms. The number of hydrogen-bond acceptors (Lipinski definition) is 8.